The Bertz CT molecular complexity index is 888. The summed E-state index contributed by atoms with van der Waals surface area (Å²) in [5.41, 5.74) is 0.650. The van der Waals surface area contributed by atoms with Crippen LogP contribution >= 0.6 is 0 Å². The number of carbonyl (C=O) groups excluding carboxylic acids is 1. The Hall–Kier alpha value is -3.67. The van der Waals surface area contributed by atoms with E-state index in [0.717, 1.165) is 5.75 Å². The number of ether oxygens (including phenoxy) is 4. The molecule has 3 aromatic carbocycles. The molecule has 3 rings (SSSR count). The molecule has 0 atom stereocenters. The van der Waals surface area contributed by atoms with E-state index in [9.17, 15) is 4.79 Å². The predicted molar refractivity (Wildman–Crippen MR) is 107 cm³/mol. The Morgan fingerprint density at radius 1 is 0.750 bits per heavy atom. The minimum absolute atomic E-state index is 0.140. The van der Waals surface area contributed by atoms with E-state index >= 15 is 0 Å². The number of carbonyl (C=O) groups is 1. The Morgan fingerprint density at radius 3 is 1.93 bits per heavy atom. The molecule has 0 fully saturated rings. The molecule has 0 aliphatic carbocycles. The van der Waals surface area contributed by atoms with Crippen molar-refractivity contribution >= 4 is 11.6 Å². The van der Waals surface area contributed by atoms with Gasteiger partial charge in [0.15, 0.2) is 6.61 Å². The van der Waals surface area contributed by atoms with Crippen molar-refractivity contribution in [2.45, 2.75) is 0 Å². The maximum absolute atomic E-state index is 12.1. The van der Waals surface area contributed by atoms with Gasteiger partial charge in [-0.1, -0.05) is 18.2 Å². The number of amides is 1. The third kappa shape index (κ3) is 5.41. The molecule has 0 heterocycles. The fraction of sp³-hybridized carbons (Fsp3) is 0.136. The van der Waals surface area contributed by atoms with Gasteiger partial charge < -0.3 is 24.3 Å². The summed E-state index contributed by atoms with van der Waals surface area (Å²) in [6.07, 6.45) is 0. The number of nitrogens with one attached hydrogen (secondary N) is 1. The van der Waals surface area contributed by atoms with Gasteiger partial charge in [0.05, 0.1) is 14.2 Å². The van der Waals surface area contributed by atoms with Crippen LogP contribution in [0.15, 0.2) is 72.8 Å². The average Bonchev–Trinajstić information content (AvgIpc) is 2.74. The number of benzene rings is 3. The highest BCUT2D eigenvalue weighted by Gasteiger charge is 2.07. The highest BCUT2D eigenvalue weighted by molar-refractivity contribution is 5.91. The van der Waals surface area contributed by atoms with Crippen LogP contribution in [-0.2, 0) is 4.79 Å². The number of para-hydroxylation sites is 1. The molecule has 1 amide bonds. The first-order valence-electron chi connectivity index (χ1n) is 8.65. The average molecular weight is 379 g/mol. The molecule has 0 spiro atoms. The second-order valence-corrected chi connectivity index (χ2v) is 5.82. The molecule has 0 bridgehead atoms. The largest absolute Gasteiger partial charge is 0.496 e. The summed E-state index contributed by atoms with van der Waals surface area (Å²) in [6.45, 7) is -0.140. The minimum atomic E-state index is -0.279. The second kappa shape index (κ2) is 9.32. The summed E-state index contributed by atoms with van der Waals surface area (Å²) in [7, 11) is 3.10. The van der Waals surface area contributed by atoms with Crippen LogP contribution in [0.25, 0.3) is 0 Å². The number of rotatable bonds is 8. The first-order valence-corrected chi connectivity index (χ1v) is 8.65. The minimum Gasteiger partial charge on any atom is -0.496 e. The Morgan fingerprint density at radius 2 is 1.32 bits per heavy atom. The summed E-state index contributed by atoms with van der Waals surface area (Å²) < 4.78 is 21.6. The van der Waals surface area contributed by atoms with Crippen molar-refractivity contribution in [2.24, 2.45) is 0 Å². The van der Waals surface area contributed by atoms with Gasteiger partial charge in [0.25, 0.3) is 5.91 Å². The van der Waals surface area contributed by atoms with E-state index in [4.69, 9.17) is 18.9 Å². The maximum atomic E-state index is 12.1. The molecule has 0 saturated carbocycles. The molecular formula is C22H21NO5. The first kappa shape index (κ1) is 19.1. The molecule has 0 unspecified atom stereocenters. The van der Waals surface area contributed by atoms with E-state index < -0.39 is 0 Å². The van der Waals surface area contributed by atoms with Crippen LogP contribution in [0.3, 0.4) is 0 Å². The summed E-state index contributed by atoms with van der Waals surface area (Å²) in [6, 6.07) is 21.7. The van der Waals surface area contributed by atoms with Crippen LogP contribution in [0, 0.1) is 0 Å². The summed E-state index contributed by atoms with van der Waals surface area (Å²) in [5.74, 6) is 2.81. The number of methoxy groups -OCH3 is 2. The predicted octanol–water partition coefficient (Wildman–Crippen LogP) is 4.51. The zero-order valence-electron chi connectivity index (χ0n) is 15.7. The van der Waals surface area contributed by atoms with Gasteiger partial charge in [0.1, 0.15) is 28.7 Å². The number of anilines is 1. The molecule has 6 heteroatoms. The SMILES string of the molecule is COc1cc(OC)cc(OCC(=O)Nc2ccc(Oc3ccccc3)cc2)c1. The van der Waals surface area contributed by atoms with E-state index in [1.165, 1.54) is 0 Å². The highest BCUT2D eigenvalue weighted by atomic mass is 16.5. The van der Waals surface area contributed by atoms with Crippen molar-refractivity contribution < 1.29 is 23.7 Å². The molecular weight excluding hydrogens is 358 g/mol. The van der Waals surface area contributed by atoms with Crippen molar-refractivity contribution in [3.8, 4) is 28.7 Å². The smallest absolute Gasteiger partial charge is 0.262 e. The van der Waals surface area contributed by atoms with E-state index in [2.05, 4.69) is 5.32 Å². The van der Waals surface area contributed by atoms with E-state index in [-0.39, 0.29) is 12.5 Å². The summed E-state index contributed by atoms with van der Waals surface area (Å²) >= 11 is 0. The summed E-state index contributed by atoms with van der Waals surface area (Å²) in [4.78, 5) is 12.1. The van der Waals surface area contributed by atoms with Crippen LogP contribution in [0.5, 0.6) is 28.7 Å². The molecule has 1 N–H and O–H groups in total. The summed E-state index contributed by atoms with van der Waals surface area (Å²) in [5, 5.41) is 2.78. The lowest BCUT2D eigenvalue weighted by atomic mass is 10.3. The fourth-order valence-corrected chi connectivity index (χ4v) is 2.44. The molecule has 0 aromatic heterocycles. The Balaban J connectivity index is 1.53. The van der Waals surface area contributed by atoms with E-state index in [1.54, 1.807) is 56.7 Å². The molecule has 28 heavy (non-hydrogen) atoms. The Labute approximate surface area is 163 Å². The number of hydrogen-bond donors (Lipinski definition) is 1. The van der Waals surface area contributed by atoms with Crippen LogP contribution < -0.4 is 24.3 Å². The van der Waals surface area contributed by atoms with Gasteiger partial charge in [-0.3, -0.25) is 4.79 Å². The van der Waals surface area contributed by atoms with E-state index in [1.807, 2.05) is 30.3 Å². The van der Waals surface area contributed by atoms with Crippen LogP contribution in [0.4, 0.5) is 5.69 Å². The third-order valence-corrected chi connectivity index (χ3v) is 3.81. The van der Waals surface area contributed by atoms with Gasteiger partial charge >= 0.3 is 0 Å². The van der Waals surface area contributed by atoms with Crippen molar-refractivity contribution in [1.82, 2.24) is 0 Å². The van der Waals surface area contributed by atoms with Crippen molar-refractivity contribution in [2.75, 3.05) is 26.1 Å². The van der Waals surface area contributed by atoms with Gasteiger partial charge in [-0.05, 0) is 36.4 Å². The van der Waals surface area contributed by atoms with Crippen molar-refractivity contribution in [3.63, 3.8) is 0 Å². The lowest BCUT2D eigenvalue weighted by molar-refractivity contribution is -0.118. The lowest BCUT2D eigenvalue weighted by Crippen LogP contribution is -2.20. The third-order valence-electron chi connectivity index (χ3n) is 3.81. The Kier molecular flexibility index (Phi) is 6.36. The maximum Gasteiger partial charge on any atom is 0.262 e. The van der Waals surface area contributed by atoms with Gasteiger partial charge in [-0.25, -0.2) is 0 Å². The topological polar surface area (TPSA) is 66.0 Å². The second-order valence-electron chi connectivity index (χ2n) is 5.82. The van der Waals surface area contributed by atoms with Gasteiger partial charge in [0.2, 0.25) is 0 Å². The standard InChI is InChI=1S/C22H21NO5/c1-25-19-12-20(26-2)14-21(13-19)27-15-22(24)23-16-8-10-18(11-9-16)28-17-6-4-3-5-7-17/h3-14H,15H2,1-2H3,(H,23,24). The molecule has 0 aliphatic rings. The van der Waals surface area contributed by atoms with Gasteiger partial charge in [-0.2, -0.15) is 0 Å². The van der Waals surface area contributed by atoms with E-state index in [0.29, 0.717) is 28.7 Å². The number of hydrogen-bond acceptors (Lipinski definition) is 5. The zero-order chi connectivity index (χ0) is 19.8. The van der Waals surface area contributed by atoms with Crippen LogP contribution in [-0.4, -0.2) is 26.7 Å². The molecule has 0 radical (unpaired) electrons. The van der Waals surface area contributed by atoms with Crippen molar-refractivity contribution in [3.05, 3.63) is 72.8 Å². The van der Waals surface area contributed by atoms with Crippen LogP contribution in [0.2, 0.25) is 0 Å². The van der Waals surface area contributed by atoms with Crippen molar-refractivity contribution in [1.29, 1.82) is 0 Å². The zero-order valence-corrected chi connectivity index (χ0v) is 15.7. The quantitative estimate of drug-likeness (QED) is 0.624. The normalized spacial score (nSPS) is 10.1. The highest BCUT2D eigenvalue weighted by Crippen LogP contribution is 2.27. The van der Waals surface area contributed by atoms with Gasteiger partial charge in [0, 0.05) is 23.9 Å². The molecule has 144 valence electrons. The fourth-order valence-electron chi connectivity index (χ4n) is 2.44. The molecule has 0 saturated heterocycles. The van der Waals surface area contributed by atoms with Crippen LogP contribution in [0.1, 0.15) is 0 Å². The first-order chi connectivity index (χ1) is 13.7. The lowest BCUT2D eigenvalue weighted by Gasteiger charge is -2.11. The molecule has 3 aromatic rings. The van der Waals surface area contributed by atoms with Gasteiger partial charge in [-0.15, -0.1) is 0 Å². The molecule has 0 aliphatic heterocycles. The monoisotopic (exact) mass is 379 g/mol. The molecule has 6 nitrogen and oxygen atoms in total.